The van der Waals surface area contributed by atoms with Gasteiger partial charge in [-0.3, -0.25) is 9.48 Å². The Morgan fingerprint density at radius 1 is 1.15 bits per heavy atom. The number of nitrogens with one attached hydrogen (secondary N) is 1. The molecule has 0 saturated carbocycles. The molecule has 0 bridgehead atoms. The third-order valence-corrected chi connectivity index (χ3v) is 6.72. The summed E-state index contributed by atoms with van der Waals surface area (Å²) in [4.78, 5) is 26.3. The summed E-state index contributed by atoms with van der Waals surface area (Å²) < 4.78 is 17.9. The standard InChI is InChI=1S/C25H23N3O5S/c1-15(18-8-9-20-21(10-18)33-14-32-20)26-23(29)13-31-25(30)22-11-19-16(2)27-28(24(19)34-22)12-17-6-4-3-5-7-17/h3-11,15H,12-14H2,1-2H3,(H,26,29). The molecule has 1 aliphatic rings. The largest absolute Gasteiger partial charge is 0.454 e. The van der Waals surface area contributed by atoms with Crippen molar-refractivity contribution >= 4 is 33.4 Å². The lowest BCUT2D eigenvalue weighted by Crippen LogP contribution is -2.31. The number of fused-ring (bicyclic) bond motifs is 2. The summed E-state index contributed by atoms with van der Waals surface area (Å²) in [6.07, 6.45) is 0. The first-order valence-corrected chi connectivity index (χ1v) is 11.7. The summed E-state index contributed by atoms with van der Waals surface area (Å²) >= 11 is 1.31. The second kappa shape index (κ2) is 9.18. The Hall–Kier alpha value is -3.85. The highest BCUT2D eigenvalue weighted by Gasteiger charge is 2.20. The van der Waals surface area contributed by atoms with Crippen LogP contribution in [0.2, 0.25) is 0 Å². The fraction of sp³-hybridized carbons (Fsp3) is 0.240. The number of thiophene rings is 1. The van der Waals surface area contributed by atoms with Crippen molar-refractivity contribution in [3.05, 3.63) is 76.3 Å². The van der Waals surface area contributed by atoms with Crippen molar-refractivity contribution < 1.29 is 23.8 Å². The van der Waals surface area contributed by atoms with Crippen molar-refractivity contribution in [2.24, 2.45) is 0 Å². The number of aromatic nitrogens is 2. The molecule has 5 rings (SSSR count). The predicted molar refractivity (Wildman–Crippen MR) is 127 cm³/mol. The van der Waals surface area contributed by atoms with Crippen LogP contribution >= 0.6 is 11.3 Å². The second-order valence-electron chi connectivity index (χ2n) is 8.04. The van der Waals surface area contributed by atoms with Crippen LogP contribution in [0.15, 0.2) is 54.6 Å². The van der Waals surface area contributed by atoms with Gasteiger partial charge in [0.25, 0.3) is 5.91 Å². The molecule has 1 amide bonds. The van der Waals surface area contributed by atoms with E-state index in [-0.39, 0.29) is 25.3 Å². The normalized spacial score (nSPS) is 13.1. The van der Waals surface area contributed by atoms with Gasteiger partial charge in [-0.05, 0) is 43.2 Å². The maximum Gasteiger partial charge on any atom is 0.348 e. The van der Waals surface area contributed by atoms with E-state index in [4.69, 9.17) is 14.2 Å². The molecule has 0 fully saturated rings. The van der Waals surface area contributed by atoms with E-state index < -0.39 is 5.97 Å². The summed E-state index contributed by atoms with van der Waals surface area (Å²) in [5.74, 6) is 0.418. The van der Waals surface area contributed by atoms with E-state index in [1.54, 1.807) is 6.07 Å². The number of rotatable bonds is 7. The number of aryl methyl sites for hydroxylation is 1. The Kier molecular flexibility index (Phi) is 5.93. The Bertz CT molecular complexity index is 1360. The monoisotopic (exact) mass is 477 g/mol. The van der Waals surface area contributed by atoms with Gasteiger partial charge in [0.1, 0.15) is 9.71 Å². The first kappa shape index (κ1) is 22.0. The lowest BCUT2D eigenvalue weighted by molar-refractivity contribution is -0.124. The quantitative estimate of drug-likeness (QED) is 0.401. The van der Waals surface area contributed by atoms with Crippen LogP contribution in [0.25, 0.3) is 10.2 Å². The number of ether oxygens (including phenoxy) is 3. The lowest BCUT2D eigenvalue weighted by Gasteiger charge is -2.14. The van der Waals surface area contributed by atoms with Crippen molar-refractivity contribution in [2.75, 3.05) is 13.4 Å². The molecule has 1 atom stereocenters. The minimum absolute atomic E-state index is 0.191. The Morgan fingerprint density at radius 3 is 2.76 bits per heavy atom. The zero-order valence-corrected chi connectivity index (χ0v) is 19.6. The molecule has 1 aliphatic heterocycles. The molecule has 174 valence electrons. The van der Waals surface area contributed by atoms with Gasteiger partial charge in [-0.1, -0.05) is 36.4 Å². The highest BCUT2D eigenvalue weighted by molar-refractivity contribution is 7.20. The number of hydrogen-bond acceptors (Lipinski definition) is 7. The lowest BCUT2D eigenvalue weighted by atomic mass is 10.1. The number of benzene rings is 2. The summed E-state index contributed by atoms with van der Waals surface area (Å²) in [6.45, 7) is 4.20. The van der Waals surface area contributed by atoms with Crippen molar-refractivity contribution in [3.8, 4) is 11.5 Å². The SMILES string of the molecule is Cc1nn(Cc2ccccc2)c2sc(C(=O)OCC(=O)NC(C)c3ccc4c(c3)OCO4)cc12. The molecule has 0 spiro atoms. The Morgan fingerprint density at radius 2 is 1.94 bits per heavy atom. The predicted octanol–water partition coefficient (Wildman–Crippen LogP) is 4.22. The van der Waals surface area contributed by atoms with Crippen LogP contribution in [0, 0.1) is 6.92 Å². The van der Waals surface area contributed by atoms with E-state index in [0.29, 0.717) is 22.9 Å². The Balaban J connectivity index is 1.20. The smallest absolute Gasteiger partial charge is 0.348 e. The number of nitrogens with zero attached hydrogens (tertiary/aromatic N) is 2. The minimum Gasteiger partial charge on any atom is -0.454 e. The molecule has 1 unspecified atom stereocenters. The van der Waals surface area contributed by atoms with Gasteiger partial charge in [-0.2, -0.15) is 5.10 Å². The van der Waals surface area contributed by atoms with Crippen molar-refractivity contribution in [1.29, 1.82) is 0 Å². The third kappa shape index (κ3) is 4.47. The van der Waals surface area contributed by atoms with Gasteiger partial charge >= 0.3 is 5.97 Å². The van der Waals surface area contributed by atoms with Gasteiger partial charge in [0, 0.05) is 5.39 Å². The number of carbonyl (C=O) groups excluding carboxylic acids is 2. The van der Waals surface area contributed by atoms with Crippen molar-refractivity contribution in [1.82, 2.24) is 15.1 Å². The fourth-order valence-corrected chi connectivity index (χ4v) is 4.88. The summed E-state index contributed by atoms with van der Waals surface area (Å²) in [6, 6.07) is 17.0. The number of esters is 1. The van der Waals surface area contributed by atoms with Crippen LogP contribution in [0.5, 0.6) is 11.5 Å². The van der Waals surface area contributed by atoms with E-state index in [1.807, 2.05) is 67.1 Å². The maximum absolute atomic E-state index is 12.6. The highest BCUT2D eigenvalue weighted by atomic mass is 32.1. The average Bonchev–Trinajstić information content (AvgIpc) is 3.55. The van der Waals surface area contributed by atoms with Gasteiger partial charge < -0.3 is 19.5 Å². The van der Waals surface area contributed by atoms with Gasteiger partial charge in [-0.15, -0.1) is 11.3 Å². The second-order valence-corrected chi connectivity index (χ2v) is 9.07. The van der Waals surface area contributed by atoms with Crippen molar-refractivity contribution in [3.63, 3.8) is 0 Å². The van der Waals surface area contributed by atoms with Crippen LogP contribution in [0.4, 0.5) is 0 Å². The van der Waals surface area contributed by atoms with Crippen LogP contribution in [0.1, 0.15) is 39.5 Å². The molecule has 4 aromatic rings. The molecule has 2 aromatic heterocycles. The topological polar surface area (TPSA) is 91.7 Å². The summed E-state index contributed by atoms with van der Waals surface area (Å²) in [7, 11) is 0. The zero-order valence-electron chi connectivity index (χ0n) is 18.7. The van der Waals surface area contributed by atoms with Gasteiger partial charge in [0.15, 0.2) is 18.1 Å². The molecule has 0 radical (unpaired) electrons. The van der Waals surface area contributed by atoms with Crippen LogP contribution < -0.4 is 14.8 Å². The van der Waals surface area contributed by atoms with E-state index in [1.165, 1.54) is 11.3 Å². The fourth-order valence-electron chi connectivity index (χ4n) is 3.83. The Labute approximate surface area is 200 Å². The number of carbonyl (C=O) groups is 2. The molecule has 34 heavy (non-hydrogen) atoms. The van der Waals surface area contributed by atoms with Gasteiger partial charge in [-0.25, -0.2) is 4.79 Å². The van der Waals surface area contributed by atoms with E-state index >= 15 is 0 Å². The molecule has 8 nitrogen and oxygen atoms in total. The molecule has 3 heterocycles. The maximum atomic E-state index is 12.6. The van der Waals surface area contributed by atoms with Crippen LogP contribution in [-0.2, 0) is 16.1 Å². The zero-order chi connectivity index (χ0) is 23.7. The number of amides is 1. The molecule has 0 aliphatic carbocycles. The van der Waals surface area contributed by atoms with Crippen LogP contribution in [0.3, 0.4) is 0 Å². The average molecular weight is 478 g/mol. The van der Waals surface area contributed by atoms with E-state index in [2.05, 4.69) is 10.4 Å². The van der Waals surface area contributed by atoms with Gasteiger partial charge in [0.05, 0.1) is 18.3 Å². The minimum atomic E-state index is -0.530. The molecule has 9 heteroatoms. The van der Waals surface area contributed by atoms with Crippen molar-refractivity contribution in [2.45, 2.75) is 26.4 Å². The summed E-state index contributed by atoms with van der Waals surface area (Å²) in [5, 5.41) is 8.35. The number of hydrogen-bond donors (Lipinski definition) is 1. The molecular formula is C25H23N3O5S. The molecule has 1 N–H and O–H groups in total. The summed E-state index contributed by atoms with van der Waals surface area (Å²) in [5.41, 5.74) is 2.83. The molecular weight excluding hydrogens is 454 g/mol. The van der Waals surface area contributed by atoms with E-state index in [0.717, 1.165) is 27.0 Å². The molecule has 2 aromatic carbocycles. The van der Waals surface area contributed by atoms with E-state index in [9.17, 15) is 9.59 Å². The third-order valence-electron chi connectivity index (χ3n) is 5.59. The first-order chi connectivity index (χ1) is 16.5. The first-order valence-electron chi connectivity index (χ1n) is 10.8. The molecule has 0 saturated heterocycles. The van der Waals surface area contributed by atoms with Gasteiger partial charge in [0.2, 0.25) is 6.79 Å². The van der Waals surface area contributed by atoms with Crippen LogP contribution in [-0.4, -0.2) is 35.1 Å². The highest BCUT2D eigenvalue weighted by Crippen LogP contribution is 2.34.